The van der Waals surface area contributed by atoms with E-state index in [9.17, 15) is 9.59 Å². The van der Waals surface area contributed by atoms with E-state index in [0.29, 0.717) is 41.7 Å². The Balaban J connectivity index is 1.72. The largest absolute Gasteiger partial charge is 0.494 e. The van der Waals surface area contributed by atoms with Crippen LogP contribution in [0, 0.1) is 0 Å². The van der Waals surface area contributed by atoms with E-state index in [-0.39, 0.29) is 0 Å². The summed E-state index contributed by atoms with van der Waals surface area (Å²) in [5.74, 6) is 1.29. The van der Waals surface area contributed by atoms with Crippen molar-refractivity contribution in [2.45, 2.75) is 39.5 Å². The highest BCUT2D eigenvalue weighted by molar-refractivity contribution is 5.86. The van der Waals surface area contributed by atoms with Crippen LogP contribution in [0.2, 0.25) is 0 Å². The fourth-order valence-corrected chi connectivity index (χ4v) is 3.95. The molecule has 0 unspecified atom stereocenters. The Hall–Kier alpha value is -3.08. The molecule has 0 radical (unpaired) electrons. The smallest absolute Gasteiger partial charge is 0.250 e. The molecule has 0 aliphatic heterocycles. The van der Waals surface area contributed by atoms with Gasteiger partial charge in [-0.2, -0.15) is 0 Å². The van der Waals surface area contributed by atoms with Crippen molar-refractivity contribution in [3.8, 4) is 22.6 Å². The van der Waals surface area contributed by atoms with Crippen LogP contribution in [-0.4, -0.2) is 13.2 Å². The predicted octanol–water partition coefficient (Wildman–Crippen LogP) is 4.37. The van der Waals surface area contributed by atoms with Crippen LogP contribution >= 0.6 is 0 Å². The van der Waals surface area contributed by atoms with Gasteiger partial charge in [-0.3, -0.25) is 9.59 Å². The molecule has 3 aromatic carbocycles. The molecule has 0 amide bonds. The van der Waals surface area contributed by atoms with Crippen LogP contribution in [0.4, 0.5) is 11.4 Å². The zero-order valence-electron chi connectivity index (χ0n) is 16.8. The maximum absolute atomic E-state index is 12.4. The molecule has 29 heavy (non-hydrogen) atoms. The topological polar surface area (TPSA) is 64.6 Å². The van der Waals surface area contributed by atoms with Crippen LogP contribution in [-0.2, 0) is 12.8 Å². The summed E-state index contributed by atoms with van der Waals surface area (Å²) in [6.07, 6.45) is 4.46. The van der Waals surface area contributed by atoms with Gasteiger partial charge in [-0.15, -0.1) is 0 Å². The first-order valence-electron chi connectivity index (χ1n) is 10.2. The van der Waals surface area contributed by atoms with Gasteiger partial charge >= 0.3 is 0 Å². The third kappa shape index (κ3) is 3.65. The minimum absolute atomic E-state index is 0.320. The zero-order valence-corrected chi connectivity index (χ0v) is 16.8. The monoisotopic (exact) mass is 391 g/mol. The number of fused-ring (bicyclic) bond motifs is 1. The van der Waals surface area contributed by atoms with Crippen LogP contribution in [0.3, 0.4) is 0 Å². The summed E-state index contributed by atoms with van der Waals surface area (Å²) in [7, 11) is 0. The van der Waals surface area contributed by atoms with Crippen LogP contribution < -0.4 is 25.6 Å². The summed E-state index contributed by atoms with van der Waals surface area (Å²) in [4.78, 5) is 24.8. The van der Waals surface area contributed by atoms with E-state index >= 15 is 0 Å². The van der Waals surface area contributed by atoms with Crippen molar-refractivity contribution >= 4 is 11.4 Å². The average Bonchev–Trinajstić information content (AvgIpc) is 2.75. The minimum Gasteiger partial charge on any atom is -0.494 e. The molecular formula is C24H25NO4. The molecule has 0 saturated heterocycles. The lowest BCUT2D eigenvalue weighted by molar-refractivity contribution is 0.332. The fourth-order valence-electron chi connectivity index (χ4n) is 3.95. The molecule has 1 aliphatic carbocycles. The maximum Gasteiger partial charge on any atom is 0.250 e. The van der Waals surface area contributed by atoms with Gasteiger partial charge in [-0.05, 0) is 68.4 Å². The molecule has 5 nitrogen and oxygen atoms in total. The molecule has 0 bridgehead atoms. The second kappa shape index (κ2) is 8.11. The summed E-state index contributed by atoms with van der Waals surface area (Å²) in [6, 6.07) is 11.5. The lowest BCUT2D eigenvalue weighted by atomic mass is 9.88. The summed E-state index contributed by atoms with van der Waals surface area (Å²) in [5.41, 5.74) is 3.87. The molecule has 1 aliphatic rings. The van der Waals surface area contributed by atoms with Gasteiger partial charge in [-0.25, -0.2) is 0 Å². The van der Waals surface area contributed by atoms with Gasteiger partial charge in [0.25, 0.3) is 5.43 Å². The quantitative estimate of drug-likeness (QED) is 0.606. The molecule has 0 atom stereocenters. The van der Waals surface area contributed by atoms with Crippen molar-refractivity contribution in [1.82, 2.24) is 0 Å². The number of ether oxygens (including phenoxy) is 2. The third-order valence-corrected chi connectivity index (χ3v) is 5.37. The van der Waals surface area contributed by atoms with E-state index in [4.69, 9.17) is 9.47 Å². The standard InChI is InChI=1S/C24H25NO4/c1-3-28-18-11-12-20(29-4-2)19(14-18)25-22-21(23(26)24(22)27)17-10-9-15-7-5-6-8-16(15)13-17/h9-14,25H,3-8H2,1-2H3. The lowest BCUT2D eigenvalue weighted by Crippen LogP contribution is -2.35. The molecule has 0 spiro atoms. The first-order chi connectivity index (χ1) is 14.1. The molecule has 0 saturated carbocycles. The van der Waals surface area contributed by atoms with Gasteiger partial charge < -0.3 is 14.8 Å². The summed E-state index contributed by atoms with van der Waals surface area (Å²) in [5, 5.41) is 3.14. The second-order valence-electron chi connectivity index (χ2n) is 7.25. The highest BCUT2D eigenvalue weighted by atomic mass is 16.5. The van der Waals surface area contributed by atoms with Gasteiger partial charge in [0.15, 0.2) is 0 Å². The number of anilines is 2. The predicted molar refractivity (Wildman–Crippen MR) is 115 cm³/mol. The molecule has 0 fully saturated rings. The molecule has 4 rings (SSSR count). The summed E-state index contributed by atoms with van der Waals surface area (Å²) >= 11 is 0. The summed E-state index contributed by atoms with van der Waals surface area (Å²) < 4.78 is 11.3. The van der Waals surface area contributed by atoms with Crippen molar-refractivity contribution in [2.24, 2.45) is 0 Å². The van der Waals surface area contributed by atoms with Crippen molar-refractivity contribution < 1.29 is 9.47 Å². The Bertz CT molecular complexity index is 1110. The fraction of sp³-hybridized carbons (Fsp3) is 0.333. The second-order valence-corrected chi connectivity index (χ2v) is 7.25. The van der Waals surface area contributed by atoms with Crippen LogP contribution in [0.15, 0.2) is 46.0 Å². The Morgan fingerprint density at radius 1 is 0.862 bits per heavy atom. The van der Waals surface area contributed by atoms with E-state index in [1.807, 2.05) is 26.0 Å². The number of hydrogen-bond donors (Lipinski definition) is 1. The van der Waals surface area contributed by atoms with Gasteiger partial charge in [0, 0.05) is 6.07 Å². The first-order valence-corrected chi connectivity index (χ1v) is 10.2. The van der Waals surface area contributed by atoms with Crippen molar-refractivity contribution in [2.75, 3.05) is 18.5 Å². The lowest BCUT2D eigenvalue weighted by Gasteiger charge is -2.19. The number of benzene rings is 2. The van der Waals surface area contributed by atoms with Crippen LogP contribution in [0.25, 0.3) is 11.1 Å². The Labute approximate surface area is 170 Å². The van der Waals surface area contributed by atoms with Gasteiger partial charge in [-0.1, -0.05) is 18.2 Å². The number of hydrogen-bond acceptors (Lipinski definition) is 5. The van der Waals surface area contributed by atoms with E-state index in [1.54, 1.807) is 12.1 Å². The van der Waals surface area contributed by atoms with E-state index in [2.05, 4.69) is 17.4 Å². The van der Waals surface area contributed by atoms with Crippen molar-refractivity contribution in [3.63, 3.8) is 0 Å². The Morgan fingerprint density at radius 3 is 2.38 bits per heavy atom. The molecule has 1 N–H and O–H groups in total. The molecule has 3 aromatic rings. The average molecular weight is 391 g/mol. The molecule has 0 heterocycles. The molecule has 150 valence electrons. The molecule has 5 heteroatoms. The number of aryl methyl sites for hydroxylation is 2. The van der Waals surface area contributed by atoms with Gasteiger partial charge in [0.1, 0.15) is 17.2 Å². The molecular weight excluding hydrogens is 366 g/mol. The zero-order chi connectivity index (χ0) is 20.4. The van der Waals surface area contributed by atoms with Gasteiger partial charge in [0.2, 0.25) is 5.43 Å². The van der Waals surface area contributed by atoms with Crippen LogP contribution in [0.5, 0.6) is 11.5 Å². The normalized spacial score (nSPS) is 13.2. The third-order valence-electron chi connectivity index (χ3n) is 5.37. The van der Waals surface area contributed by atoms with E-state index in [1.165, 1.54) is 17.5 Å². The summed E-state index contributed by atoms with van der Waals surface area (Å²) in [6.45, 7) is 4.84. The maximum atomic E-state index is 12.4. The van der Waals surface area contributed by atoms with Gasteiger partial charge in [0.05, 0.1) is 24.5 Å². The Morgan fingerprint density at radius 2 is 1.62 bits per heavy atom. The van der Waals surface area contributed by atoms with E-state index in [0.717, 1.165) is 24.8 Å². The van der Waals surface area contributed by atoms with E-state index < -0.39 is 10.9 Å². The SMILES string of the molecule is CCOc1ccc(OCC)c(Nc2c(-c3ccc4c(c3)CCCC4)c(=O)c2=O)c1. The van der Waals surface area contributed by atoms with Crippen molar-refractivity contribution in [3.05, 3.63) is 68.0 Å². The number of rotatable bonds is 7. The first kappa shape index (κ1) is 19.2. The van der Waals surface area contributed by atoms with Crippen LogP contribution in [0.1, 0.15) is 37.8 Å². The highest BCUT2D eigenvalue weighted by Crippen LogP contribution is 2.35. The van der Waals surface area contributed by atoms with Crippen molar-refractivity contribution in [1.29, 1.82) is 0 Å². The highest BCUT2D eigenvalue weighted by Gasteiger charge is 2.24. The minimum atomic E-state index is -0.498. The number of nitrogens with one attached hydrogen (secondary N) is 1. The Kier molecular flexibility index (Phi) is 5.38. The molecule has 0 aromatic heterocycles.